The van der Waals surface area contributed by atoms with Crippen LogP contribution in [0.25, 0.3) is 0 Å². The van der Waals surface area contributed by atoms with Crippen molar-refractivity contribution >= 4 is 34.5 Å². The largest absolute Gasteiger partial charge is 0.479 e. The molecule has 0 fully saturated rings. The van der Waals surface area contributed by atoms with E-state index < -0.39 is 6.10 Å². The molecular formula is C21H21N3O3S. The average molecular weight is 395 g/mol. The molecule has 1 aromatic carbocycles. The lowest BCUT2D eigenvalue weighted by molar-refractivity contribution is -0.122. The van der Waals surface area contributed by atoms with Gasteiger partial charge in [0.25, 0.3) is 11.8 Å². The first-order chi connectivity index (χ1) is 13.4. The number of anilines is 2. The van der Waals surface area contributed by atoms with Crippen molar-refractivity contribution in [3.8, 4) is 5.75 Å². The fraction of sp³-hybridized carbons (Fsp3) is 0.238. The molecule has 0 saturated carbocycles. The molecule has 0 spiro atoms. The van der Waals surface area contributed by atoms with Gasteiger partial charge in [-0.25, -0.2) is 0 Å². The quantitative estimate of drug-likeness (QED) is 0.696. The maximum atomic E-state index is 12.8. The van der Waals surface area contributed by atoms with Crippen LogP contribution in [-0.2, 0) is 11.3 Å². The summed E-state index contributed by atoms with van der Waals surface area (Å²) >= 11 is 1.70. The number of hydrogen-bond acceptors (Lipinski definition) is 4. The summed E-state index contributed by atoms with van der Waals surface area (Å²) < 4.78 is 7.69. The Bertz CT molecular complexity index is 1050. The molecular weight excluding hydrogens is 374 g/mol. The minimum Gasteiger partial charge on any atom is -0.479 e. The Kier molecular flexibility index (Phi) is 4.68. The van der Waals surface area contributed by atoms with Gasteiger partial charge in [-0.15, -0.1) is 11.3 Å². The van der Waals surface area contributed by atoms with Crippen molar-refractivity contribution in [3.63, 3.8) is 0 Å². The van der Waals surface area contributed by atoms with E-state index >= 15 is 0 Å². The predicted molar refractivity (Wildman–Crippen MR) is 110 cm³/mol. The van der Waals surface area contributed by atoms with Crippen molar-refractivity contribution in [2.75, 3.05) is 10.6 Å². The van der Waals surface area contributed by atoms with E-state index in [1.165, 1.54) is 4.88 Å². The van der Waals surface area contributed by atoms with E-state index in [1.807, 2.05) is 26.0 Å². The van der Waals surface area contributed by atoms with Crippen LogP contribution in [0.15, 0.2) is 41.8 Å². The molecule has 28 heavy (non-hydrogen) atoms. The fourth-order valence-electron chi connectivity index (χ4n) is 3.32. The molecule has 4 rings (SSSR count). The minimum atomic E-state index is -0.526. The Morgan fingerprint density at radius 2 is 2.11 bits per heavy atom. The van der Waals surface area contributed by atoms with Gasteiger partial charge in [0.05, 0.1) is 17.8 Å². The summed E-state index contributed by atoms with van der Waals surface area (Å²) in [6.07, 6.45) is -0.526. The first-order valence-corrected chi connectivity index (χ1v) is 9.92. The number of amides is 2. The Morgan fingerprint density at radius 3 is 2.86 bits per heavy atom. The molecule has 1 aliphatic heterocycles. The maximum Gasteiger partial charge on any atom is 0.265 e. The van der Waals surface area contributed by atoms with Crippen molar-refractivity contribution in [2.24, 2.45) is 0 Å². The van der Waals surface area contributed by atoms with E-state index in [0.29, 0.717) is 22.7 Å². The molecule has 3 heterocycles. The van der Waals surface area contributed by atoms with Crippen molar-refractivity contribution < 1.29 is 14.3 Å². The van der Waals surface area contributed by atoms with Gasteiger partial charge in [-0.3, -0.25) is 9.59 Å². The zero-order chi connectivity index (χ0) is 19.8. The maximum absolute atomic E-state index is 12.8. The predicted octanol–water partition coefficient (Wildman–Crippen LogP) is 4.19. The lowest BCUT2D eigenvalue weighted by Gasteiger charge is -2.23. The Balaban J connectivity index is 1.55. The third kappa shape index (κ3) is 3.41. The summed E-state index contributed by atoms with van der Waals surface area (Å²) in [5, 5.41) is 7.76. The number of ether oxygens (including phenoxy) is 1. The summed E-state index contributed by atoms with van der Waals surface area (Å²) in [6, 6.07) is 11.3. The van der Waals surface area contributed by atoms with Crippen LogP contribution in [0.4, 0.5) is 11.4 Å². The third-order valence-electron chi connectivity index (χ3n) is 4.88. The van der Waals surface area contributed by atoms with E-state index in [4.69, 9.17) is 4.74 Å². The first kappa shape index (κ1) is 18.3. The van der Waals surface area contributed by atoms with E-state index in [9.17, 15) is 9.59 Å². The lowest BCUT2D eigenvalue weighted by atomic mass is 10.2. The number of aromatic nitrogens is 1. The molecule has 6 nitrogen and oxygen atoms in total. The second-order valence-corrected chi connectivity index (χ2v) is 7.90. The van der Waals surface area contributed by atoms with Crippen molar-refractivity contribution in [1.82, 2.24) is 4.57 Å². The van der Waals surface area contributed by atoms with Crippen molar-refractivity contribution in [2.45, 2.75) is 33.4 Å². The van der Waals surface area contributed by atoms with Crippen LogP contribution in [0.1, 0.15) is 33.5 Å². The molecule has 0 aliphatic carbocycles. The summed E-state index contributed by atoms with van der Waals surface area (Å²) in [4.78, 5) is 25.9. The highest BCUT2D eigenvalue weighted by molar-refractivity contribution is 7.09. The molecule has 7 heteroatoms. The number of hydrogen-bond donors (Lipinski definition) is 2. The molecule has 3 aromatic rings. The van der Waals surface area contributed by atoms with Crippen LogP contribution in [0, 0.1) is 13.8 Å². The number of rotatable bonds is 4. The number of nitrogens with one attached hydrogen (secondary N) is 2. The van der Waals surface area contributed by atoms with Crippen LogP contribution in [0.5, 0.6) is 5.75 Å². The molecule has 2 amide bonds. The highest BCUT2D eigenvalue weighted by atomic mass is 32.1. The highest BCUT2D eigenvalue weighted by Gasteiger charge is 2.24. The Hall–Kier alpha value is -3.06. The van der Waals surface area contributed by atoms with E-state index in [2.05, 4.69) is 26.6 Å². The number of aryl methyl sites for hydroxylation is 1. The fourth-order valence-corrected chi connectivity index (χ4v) is 4.01. The number of carbonyl (C=O) groups excluding carboxylic acids is 2. The molecule has 0 bridgehead atoms. The van der Waals surface area contributed by atoms with Gasteiger partial charge in [-0.1, -0.05) is 6.07 Å². The Labute approximate surface area is 167 Å². The van der Waals surface area contributed by atoms with E-state index in [-0.39, 0.29) is 11.8 Å². The molecule has 144 valence electrons. The van der Waals surface area contributed by atoms with Crippen LogP contribution in [0.3, 0.4) is 0 Å². The van der Waals surface area contributed by atoms with Gasteiger partial charge in [0.15, 0.2) is 6.10 Å². The van der Waals surface area contributed by atoms with Gasteiger partial charge in [0, 0.05) is 22.0 Å². The standard InChI is InChI=1S/C21H21N3O3S/c1-12-9-17(13(2)24(12)11-16-5-4-8-28-16)21(26)22-15-6-7-19-18(10-15)23-20(25)14(3)27-19/h4-10,14H,11H2,1-3H3,(H,22,26)(H,23,25). The number of nitrogens with zero attached hydrogens (tertiary/aromatic N) is 1. The molecule has 2 N–H and O–H groups in total. The first-order valence-electron chi connectivity index (χ1n) is 9.04. The third-order valence-corrected chi connectivity index (χ3v) is 5.74. The van der Waals surface area contributed by atoms with Crippen LogP contribution in [-0.4, -0.2) is 22.5 Å². The number of benzene rings is 1. The van der Waals surface area contributed by atoms with Gasteiger partial charge >= 0.3 is 0 Å². The Morgan fingerprint density at radius 1 is 1.29 bits per heavy atom. The second-order valence-electron chi connectivity index (χ2n) is 6.86. The summed E-state index contributed by atoms with van der Waals surface area (Å²) in [5.74, 6) is 0.217. The van der Waals surface area contributed by atoms with Gasteiger partial charge in [-0.2, -0.15) is 0 Å². The molecule has 1 atom stereocenters. The molecule has 1 aliphatic rings. The molecule has 1 unspecified atom stereocenters. The van der Waals surface area contributed by atoms with Gasteiger partial charge < -0.3 is 19.9 Å². The summed E-state index contributed by atoms with van der Waals surface area (Å²) in [5.41, 5.74) is 3.76. The molecule has 2 aromatic heterocycles. The second kappa shape index (κ2) is 7.16. The molecule has 0 saturated heterocycles. The average Bonchev–Trinajstić information content (AvgIpc) is 3.27. The summed E-state index contributed by atoms with van der Waals surface area (Å²) in [7, 11) is 0. The monoisotopic (exact) mass is 395 g/mol. The highest BCUT2D eigenvalue weighted by Crippen LogP contribution is 2.32. The van der Waals surface area contributed by atoms with E-state index in [1.54, 1.807) is 36.5 Å². The SMILES string of the molecule is Cc1cc(C(=O)Nc2ccc3c(c2)NC(=O)C(C)O3)c(C)n1Cc1cccs1. The lowest BCUT2D eigenvalue weighted by Crippen LogP contribution is -2.34. The topological polar surface area (TPSA) is 72.4 Å². The van der Waals surface area contributed by atoms with Gasteiger partial charge in [0.2, 0.25) is 0 Å². The van der Waals surface area contributed by atoms with Gasteiger partial charge in [0.1, 0.15) is 5.75 Å². The minimum absolute atomic E-state index is 0.179. The molecule has 0 radical (unpaired) electrons. The zero-order valence-corrected chi connectivity index (χ0v) is 16.7. The smallest absolute Gasteiger partial charge is 0.265 e. The number of carbonyl (C=O) groups is 2. The zero-order valence-electron chi connectivity index (χ0n) is 15.9. The van der Waals surface area contributed by atoms with E-state index in [0.717, 1.165) is 17.9 Å². The van der Waals surface area contributed by atoms with Crippen molar-refractivity contribution in [3.05, 3.63) is 63.6 Å². The van der Waals surface area contributed by atoms with Crippen LogP contribution >= 0.6 is 11.3 Å². The summed E-state index contributed by atoms with van der Waals surface area (Å²) in [6.45, 7) is 6.41. The van der Waals surface area contributed by atoms with Crippen LogP contribution in [0.2, 0.25) is 0 Å². The van der Waals surface area contributed by atoms with Crippen LogP contribution < -0.4 is 15.4 Å². The number of thiophene rings is 1. The van der Waals surface area contributed by atoms with Crippen molar-refractivity contribution in [1.29, 1.82) is 0 Å². The number of fused-ring (bicyclic) bond motifs is 1. The van der Waals surface area contributed by atoms with Gasteiger partial charge in [-0.05, 0) is 56.5 Å². The normalized spacial score (nSPS) is 15.5.